The van der Waals surface area contributed by atoms with Crippen LogP contribution in [0.1, 0.15) is 38.5 Å². The highest BCUT2D eigenvalue weighted by atomic mass is 16.3. The van der Waals surface area contributed by atoms with Gasteiger partial charge in [-0.25, -0.2) is 0 Å². The van der Waals surface area contributed by atoms with Gasteiger partial charge in [-0.1, -0.05) is 0 Å². The fourth-order valence-corrected chi connectivity index (χ4v) is 2.75. The third-order valence-corrected chi connectivity index (χ3v) is 3.89. The van der Waals surface area contributed by atoms with Crippen molar-refractivity contribution in [1.29, 1.82) is 0 Å². The summed E-state index contributed by atoms with van der Waals surface area (Å²) in [6.45, 7) is 2.46. The Hall–Kier alpha value is -0.120. The Labute approximate surface area is 92.8 Å². The van der Waals surface area contributed by atoms with Gasteiger partial charge >= 0.3 is 0 Å². The average molecular weight is 212 g/mol. The Morgan fingerprint density at radius 2 is 1.47 bits per heavy atom. The minimum Gasteiger partial charge on any atom is -0.393 e. The quantitative estimate of drug-likeness (QED) is 0.716. The van der Waals surface area contributed by atoms with Gasteiger partial charge in [-0.15, -0.1) is 0 Å². The molecule has 2 fully saturated rings. The molecule has 1 aliphatic carbocycles. The second-order valence-corrected chi connectivity index (χ2v) is 5.25. The van der Waals surface area contributed by atoms with E-state index in [-0.39, 0.29) is 6.10 Å². The number of aliphatic hydroxyl groups is 1. The molecule has 0 aromatic heterocycles. The van der Waals surface area contributed by atoms with Crippen molar-refractivity contribution in [2.24, 2.45) is 0 Å². The minimum atomic E-state index is -0.0273. The highest BCUT2D eigenvalue weighted by Gasteiger charge is 2.23. The Morgan fingerprint density at radius 1 is 0.933 bits per heavy atom. The van der Waals surface area contributed by atoms with E-state index in [0.717, 1.165) is 31.7 Å². The molecule has 1 saturated carbocycles. The summed E-state index contributed by atoms with van der Waals surface area (Å²) in [7, 11) is 2.20. The van der Waals surface area contributed by atoms with Crippen LogP contribution in [0, 0.1) is 0 Å². The molecule has 1 aliphatic heterocycles. The predicted octanol–water partition coefficient (Wildman–Crippen LogP) is 0.974. The Bertz CT molecular complexity index is 162. The number of hydrogen-bond donors (Lipinski definition) is 2. The number of hydrogen-bond acceptors (Lipinski definition) is 3. The number of aliphatic hydroxyl groups excluding tert-OH is 1. The normalized spacial score (nSPS) is 35.6. The average Bonchev–Trinajstić information content (AvgIpc) is 2.25. The highest BCUT2D eigenvalue weighted by molar-refractivity contribution is 4.83. The minimum absolute atomic E-state index is 0.0273. The van der Waals surface area contributed by atoms with E-state index in [1.165, 1.54) is 25.9 Å². The first-order valence-electron chi connectivity index (χ1n) is 6.36. The molecule has 3 nitrogen and oxygen atoms in total. The number of nitrogens with zero attached hydrogens (tertiary/aromatic N) is 1. The van der Waals surface area contributed by atoms with Gasteiger partial charge in [-0.3, -0.25) is 0 Å². The van der Waals surface area contributed by atoms with E-state index in [0.29, 0.717) is 6.04 Å². The van der Waals surface area contributed by atoms with Gasteiger partial charge in [0.25, 0.3) is 0 Å². The Kier molecular flexibility index (Phi) is 4.00. The molecule has 0 spiro atoms. The van der Waals surface area contributed by atoms with Crippen LogP contribution in [0.5, 0.6) is 0 Å². The van der Waals surface area contributed by atoms with Gasteiger partial charge in [0.2, 0.25) is 0 Å². The zero-order valence-corrected chi connectivity index (χ0v) is 9.78. The molecule has 1 saturated heterocycles. The van der Waals surface area contributed by atoms with Crippen LogP contribution in [-0.2, 0) is 0 Å². The van der Waals surface area contributed by atoms with Gasteiger partial charge in [-0.05, 0) is 58.7 Å². The molecule has 0 atom stereocenters. The van der Waals surface area contributed by atoms with Crippen molar-refractivity contribution >= 4 is 0 Å². The van der Waals surface area contributed by atoms with E-state index in [1.54, 1.807) is 0 Å². The largest absolute Gasteiger partial charge is 0.393 e. The van der Waals surface area contributed by atoms with E-state index in [1.807, 2.05) is 0 Å². The number of nitrogens with one attached hydrogen (secondary N) is 1. The first-order chi connectivity index (χ1) is 7.24. The van der Waals surface area contributed by atoms with Crippen molar-refractivity contribution < 1.29 is 5.11 Å². The maximum atomic E-state index is 9.43. The Balaban J connectivity index is 1.68. The smallest absolute Gasteiger partial charge is 0.0541 e. The molecule has 0 aromatic rings. The van der Waals surface area contributed by atoms with Crippen molar-refractivity contribution in [1.82, 2.24) is 10.2 Å². The summed E-state index contributed by atoms with van der Waals surface area (Å²) in [6, 6.07) is 1.39. The lowest BCUT2D eigenvalue weighted by atomic mass is 9.91. The summed E-state index contributed by atoms with van der Waals surface area (Å²) in [5.74, 6) is 0. The van der Waals surface area contributed by atoms with E-state index in [2.05, 4.69) is 17.3 Å². The van der Waals surface area contributed by atoms with Gasteiger partial charge in [0.1, 0.15) is 0 Å². The molecule has 0 aromatic carbocycles. The van der Waals surface area contributed by atoms with Gasteiger partial charge in [-0.2, -0.15) is 0 Å². The molecule has 2 aliphatic rings. The van der Waals surface area contributed by atoms with Crippen LogP contribution in [0.4, 0.5) is 0 Å². The van der Waals surface area contributed by atoms with E-state index < -0.39 is 0 Å². The summed E-state index contributed by atoms with van der Waals surface area (Å²) >= 11 is 0. The van der Waals surface area contributed by atoms with Crippen molar-refractivity contribution in [3.8, 4) is 0 Å². The van der Waals surface area contributed by atoms with Crippen molar-refractivity contribution in [3.63, 3.8) is 0 Å². The van der Waals surface area contributed by atoms with Crippen LogP contribution >= 0.6 is 0 Å². The zero-order chi connectivity index (χ0) is 10.7. The summed E-state index contributed by atoms with van der Waals surface area (Å²) in [5, 5.41) is 13.2. The Morgan fingerprint density at radius 3 is 2.07 bits per heavy atom. The van der Waals surface area contributed by atoms with Crippen LogP contribution in [0.2, 0.25) is 0 Å². The molecule has 3 heteroatoms. The molecular weight excluding hydrogens is 188 g/mol. The molecule has 0 radical (unpaired) electrons. The fraction of sp³-hybridized carbons (Fsp3) is 1.00. The molecule has 1 heterocycles. The van der Waals surface area contributed by atoms with E-state index in [9.17, 15) is 5.11 Å². The lowest BCUT2D eigenvalue weighted by molar-refractivity contribution is 0.110. The first kappa shape index (κ1) is 11.4. The number of likely N-dealkylation sites (tertiary alicyclic amines) is 1. The molecule has 0 unspecified atom stereocenters. The van der Waals surface area contributed by atoms with E-state index >= 15 is 0 Å². The second kappa shape index (κ2) is 5.28. The van der Waals surface area contributed by atoms with E-state index in [4.69, 9.17) is 0 Å². The summed E-state index contributed by atoms with van der Waals surface area (Å²) in [5.41, 5.74) is 0. The van der Waals surface area contributed by atoms with Gasteiger partial charge in [0, 0.05) is 12.1 Å². The van der Waals surface area contributed by atoms with Crippen LogP contribution in [0.25, 0.3) is 0 Å². The van der Waals surface area contributed by atoms with Crippen LogP contribution in [-0.4, -0.2) is 48.3 Å². The lowest BCUT2D eigenvalue weighted by Gasteiger charge is -2.34. The fourth-order valence-electron chi connectivity index (χ4n) is 2.75. The van der Waals surface area contributed by atoms with Crippen LogP contribution < -0.4 is 5.32 Å². The topological polar surface area (TPSA) is 35.5 Å². The summed E-state index contributed by atoms with van der Waals surface area (Å²) in [4.78, 5) is 2.41. The van der Waals surface area contributed by atoms with Crippen molar-refractivity contribution in [3.05, 3.63) is 0 Å². The standard InChI is InChI=1S/C12H24N2O/c1-14-8-6-11(7-9-14)13-10-2-4-12(15)5-3-10/h10-13,15H,2-9H2,1H3. The summed E-state index contributed by atoms with van der Waals surface area (Å²) < 4.78 is 0. The molecule has 0 bridgehead atoms. The van der Waals surface area contributed by atoms with Crippen molar-refractivity contribution in [2.75, 3.05) is 20.1 Å². The van der Waals surface area contributed by atoms with Gasteiger partial charge in [0.05, 0.1) is 6.10 Å². The van der Waals surface area contributed by atoms with Gasteiger partial charge in [0.15, 0.2) is 0 Å². The third kappa shape index (κ3) is 3.44. The summed E-state index contributed by atoms with van der Waals surface area (Å²) in [6.07, 6.45) is 6.85. The maximum Gasteiger partial charge on any atom is 0.0541 e. The lowest BCUT2D eigenvalue weighted by Crippen LogP contribution is -2.46. The molecule has 0 amide bonds. The maximum absolute atomic E-state index is 9.43. The van der Waals surface area contributed by atoms with Crippen molar-refractivity contribution in [2.45, 2.75) is 56.7 Å². The third-order valence-electron chi connectivity index (χ3n) is 3.89. The second-order valence-electron chi connectivity index (χ2n) is 5.25. The molecule has 15 heavy (non-hydrogen) atoms. The first-order valence-corrected chi connectivity index (χ1v) is 6.36. The van der Waals surface area contributed by atoms with Crippen LogP contribution in [0.3, 0.4) is 0 Å². The zero-order valence-electron chi connectivity index (χ0n) is 9.78. The number of piperidine rings is 1. The molecular formula is C12H24N2O. The molecule has 88 valence electrons. The SMILES string of the molecule is CN1CCC(NC2CCC(O)CC2)CC1. The van der Waals surface area contributed by atoms with Gasteiger partial charge < -0.3 is 15.3 Å². The monoisotopic (exact) mass is 212 g/mol. The molecule has 2 rings (SSSR count). The van der Waals surface area contributed by atoms with Crippen LogP contribution in [0.15, 0.2) is 0 Å². The highest BCUT2D eigenvalue weighted by Crippen LogP contribution is 2.20. The molecule has 2 N–H and O–H groups in total. The predicted molar refractivity (Wildman–Crippen MR) is 61.9 cm³/mol. The number of rotatable bonds is 2.